The van der Waals surface area contributed by atoms with E-state index < -0.39 is 0 Å². The van der Waals surface area contributed by atoms with Gasteiger partial charge in [0.15, 0.2) is 0 Å². The summed E-state index contributed by atoms with van der Waals surface area (Å²) in [6.45, 7) is 3.82. The number of aromatic nitrogens is 1. The van der Waals surface area contributed by atoms with Crippen molar-refractivity contribution in [2.75, 3.05) is 0 Å². The lowest BCUT2D eigenvalue weighted by Crippen LogP contribution is -1.92. The van der Waals surface area contributed by atoms with Crippen molar-refractivity contribution in [3.63, 3.8) is 0 Å². The van der Waals surface area contributed by atoms with Gasteiger partial charge in [0.05, 0.1) is 5.69 Å². The Morgan fingerprint density at radius 1 is 1.07 bits per heavy atom. The third kappa shape index (κ3) is 2.34. The van der Waals surface area contributed by atoms with Crippen LogP contribution in [0, 0.1) is 6.92 Å². The van der Waals surface area contributed by atoms with E-state index in [9.17, 15) is 0 Å². The molecule has 0 aliphatic rings. The van der Waals surface area contributed by atoms with E-state index in [1.807, 2.05) is 42.5 Å². The van der Waals surface area contributed by atoms with Gasteiger partial charge in [0.25, 0.3) is 0 Å². The molecule has 2 heteroatoms. The van der Waals surface area contributed by atoms with Crippen LogP contribution in [-0.2, 0) is 6.42 Å². The molecular formula is C13H12NO. The lowest BCUT2D eigenvalue weighted by Gasteiger charge is -2.08. The number of hydrogen-bond donors (Lipinski definition) is 0. The summed E-state index contributed by atoms with van der Waals surface area (Å²) in [7, 11) is 0. The topological polar surface area (TPSA) is 22.1 Å². The van der Waals surface area contributed by atoms with Gasteiger partial charge in [-0.05, 0) is 37.6 Å². The zero-order chi connectivity index (χ0) is 10.5. The molecule has 0 saturated heterocycles. The molecule has 0 bridgehead atoms. The van der Waals surface area contributed by atoms with Crippen LogP contribution in [0.15, 0.2) is 48.7 Å². The average Bonchev–Trinajstić information content (AvgIpc) is 2.31. The van der Waals surface area contributed by atoms with Gasteiger partial charge in [0.2, 0.25) is 0 Å². The second-order valence-corrected chi connectivity index (χ2v) is 3.11. The molecule has 0 spiro atoms. The molecule has 1 heterocycles. The van der Waals surface area contributed by atoms with Crippen molar-refractivity contribution in [3.05, 3.63) is 61.3 Å². The fourth-order valence-corrected chi connectivity index (χ4v) is 1.32. The molecule has 1 aromatic carbocycles. The Morgan fingerprint density at radius 3 is 2.60 bits per heavy atom. The molecule has 2 aromatic rings. The molecule has 0 atom stereocenters. The lowest BCUT2D eigenvalue weighted by molar-refractivity contribution is 0.474. The Bertz CT molecular complexity index is 426. The van der Waals surface area contributed by atoms with E-state index in [1.54, 1.807) is 6.20 Å². The standard InChI is InChI=1S/C13H12NO/c1-2-12-13(9-6-10-14-12)15-11-7-4-3-5-8-11/h3-10H,1-2H2. The van der Waals surface area contributed by atoms with Crippen molar-refractivity contribution >= 4 is 0 Å². The van der Waals surface area contributed by atoms with Gasteiger partial charge >= 0.3 is 0 Å². The fraction of sp³-hybridized carbons (Fsp3) is 0.0769. The summed E-state index contributed by atoms with van der Waals surface area (Å²) in [5, 5.41) is 0. The molecule has 1 radical (unpaired) electrons. The van der Waals surface area contributed by atoms with Crippen LogP contribution in [-0.4, -0.2) is 4.98 Å². The molecule has 0 fully saturated rings. The molecule has 0 saturated carbocycles. The summed E-state index contributed by atoms with van der Waals surface area (Å²) in [5.74, 6) is 1.60. The number of nitrogens with zero attached hydrogens (tertiary/aromatic N) is 1. The van der Waals surface area contributed by atoms with Crippen molar-refractivity contribution in [3.8, 4) is 11.5 Å². The Kier molecular flexibility index (Phi) is 2.98. The van der Waals surface area contributed by atoms with Gasteiger partial charge in [0, 0.05) is 6.20 Å². The molecular weight excluding hydrogens is 186 g/mol. The van der Waals surface area contributed by atoms with Crippen LogP contribution >= 0.6 is 0 Å². The maximum absolute atomic E-state index is 5.70. The van der Waals surface area contributed by atoms with Crippen LogP contribution in [0.2, 0.25) is 0 Å². The number of hydrogen-bond acceptors (Lipinski definition) is 2. The van der Waals surface area contributed by atoms with Crippen LogP contribution in [0.25, 0.3) is 0 Å². The van der Waals surface area contributed by atoms with Gasteiger partial charge in [-0.15, -0.1) is 0 Å². The summed E-state index contributed by atoms with van der Waals surface area (Å²) >= 11 is 0. The van der Waals surface area contributed by atoms with Gasteiger partial charge in [-0.2, -0.15) is 0 Å². The van der Waals surface area contributed by atoms with Crippen molar-refractivity contribution in [2.45, 2.75) is 6.42 Å². The van der Waals surface area contributed by atoms with E-state index in [2.05, 4.69) is 11.9 Å². The Morgan fingerprint density at radius 2 is 1.87 bits per heavy atom. The Balaban J connectivity index is 2.24. The zero-order valence-electron chi connectivity index (χ0n) is 8.39. The highest BCUT2D eigenvalue weighted by molar-refractivity contribution is 5.33. The predicted octanol–water partition coefficient (Wildman–Crippen LogP) is 3.25. The highest BCUT2D eigenvalue weighted by atomic mass is 16.5. The average molecular weight is 198 g/mol. The van der Waals surface area contributed by atoms with Crippen LogP contribution in [0.5, 0.6) is 11.5 Å². The number of benzene rings is 1. The third-order valence-corrected chi connectivity index (χ3v) is 2.06. The normalized spacial score (nSPS) is 9.93. The van der Waals surface area contributed by atoms with Gasteiger partial charge in [0.1, 0.15) is 11.5 Å². The van der Waals surface area contributed by atoms with Crippen molar-refractivity contribution in [2.24, 2.45) is 0 Å². The van der Waals surface area contributed by atoms with Crippen molar-refractivity contribution < 1.29 is 4.74 Å². The molecule has 0 aliphatic carbocycles. The SMILES string of the molecule is [CH2]Cc1ncccc1Oc1ccccc1. The minimum atomic E-state index is 0.628. The number of para-hydroxylation sites is 1. The maximum Gasteiger partial charge on any atom is 0.148 e. The number of ether oxygens (including phenoxy) is 1. The van der Waals surface area contributed by atoms with Gasteiger partial charge in [-0.3, -0.25) is 4.98 Å². The summed E-state index contributed by atoms with van der Waals surface area (Å²) in [6, 6.07) is 13.4. The Labute approximate surface area is 89.6 Å². The maximum atomic E-state index is 5.70. The monoisotopic (exact) mass is 198 g/mol. The van der Waals surface area contributed by atoms with Gasteiger partial charge in [-0.1, -0.05) is 18.2 Å². The number of pyridine rings is 1. The van der Waals surface area contributed by atoms with Crippen LogP contribution in [0.1, 0.15) is 5.69 Å². The molecule has 2 rings (SSSR count). The minimum Gasteiger partial charge on any atom is -0.455 e. The first-order chi connectivity index (χ1) is 7.40. The van der Waals surface area contributed by atoms with Crippen LogP contribution < -0.4 is 4.74 Å². The zero-order valence-corrected chi connectivity index (χ0v) is 8.39. The summed E-state index contributed by atoms with van der Waals surface area (Å²) in [6.07, 6.45) is 2.38. The van der Waals surface area contributed by atoms with Gasteiger partial charge < -0.3 is 4.74 Å². The summed E-state index contributed by atoms with van der Waals surface area (Å²) in [4.78, 5) is 4.21. The molecule has 0 unspecified atom stereocenters. The summed E-state index contributed by atoms with van der Waals surface area (Å²) < 4.78 is 5.70. The fourth-order valence-electron chi connectivity index (χ4n) is 1.32. The van der Waals surface area contributed by atoms with Crippen molar-refractivity contribution in [1.29, 1.82) is 0 Å². The first kappa shape index (κ1) is 9.71. The Hall–Kier alpha value is -1.83. The second kappa shape index (κ2) is 4.60. The molecule has 0 N–H and O–H groups in total. The predicted molar refractivity (Wildman–Crippen MR) is 59.8 cm³/mol. The molecule has 1 aromatic heterocycles. The van der Waals surface area contributed by atoms with E-state index >= 15 is 0 Å². The first-order valence-corrected chi connectivity index (χ1v) is 4.86. The largest absolute Gasteiger partial charge is 0.455 e. The lowest BCUT2D eigenvalue weighted by atomic mass is 10.2. The van der Waals surface area contributed by atoms with Gasteiger partial charge in [-0.25, -0.2) is 0 Å². The smallest absolute Gasteiger partial charge is 0.148 e. The van der Waals surface area contributed by atoms with Crippen molar-refractivity contribution in [1.82, 2.24) is 4.98 Å². The van der Waals surface area contributed by atoms with E-state index in [1.165, 1.54) is 0 Å². The van der Waals surface area contributed by atoms with Crippen LogP contribution in [0.4, 0.5) is 0 Å². The van der Waals surface area contributed by atoms with E-state index in [0.29, 0.717) is 6.42 Å². The molecule has 15 heavy (non-hydrogen) atoms. The summed E-state index contributed by atoms with van der Waals surface area (Å²) in [5.41, 5.74) is 0.876. The third-order valence-electron chi connectivity index (χ3n) is 2.06. The van der Waals surface area contributed by atoms with E-state index in [0.717, 1.165) is 17.2 Å². The number of rotatable bonds is 3. The quantitative estimate of drug-likeness (QED) is 0.755. The highest BCUT2D eigenvalue weighted by Gasteiger charge is 2.02. The first-order valence-electron chi connectivity index (χ1n) is 4.86. The highest BCUT2D eigenvalue weighted by Crippen LogP contribution is 2.23. The molecule has 2 nitrogen and oxygen atoms in total. The molecule has 0 aliphatic heterocycles. The van der Waals surface area contributed by atoms with Crippen LogP contribution in [0.3, 0.4) is 0 Å². The van der Waals surface area contributed by atoms with E-state index in [-0.39, 0.29) is 0 Å². The van der Waals surface area contributed by atoms with E-state index in [4.69, 9.17) is 4.74 Å². The minimum absolute atomic E-state index is 0.628. The second-order valence-electron chi connectivity index (χ2n) is 3.11. The molecule has 75 valence electrons. The molecule has 0 amide bonds.